The van der Waals surface area contributed by atoms with Crippen LogP contribution in [0.2, 0.25) is 0 Å². The van der Waals surface area contributed by atoms with Crippen LogP contribution < -0.4 is 14.8 Å². The van der Waals surface area contributed by atoms with Gasteiger partial charge in [-0.05, 0) is 30.7 Å². The zero-order chi connectivity index (χ0) is 15.4. The summed E-state index contributed by atoms with van der Waals surface area (Å²) in [5, 5.41) is 3.57. The number of thioether (sulfide) groups is 1. The lowest BCUT2D eigenvalue weighted by molar-refractivity contribution is -0.115. The van der Waals surface area contributed by atoms with Crippen LogP contribution in [0.15, 0.2) is 47.6 Å². The third kappa shape index (κ3) is 3.33. The summed E-state index contributed by atoms with van der Waals surface area (Å²) in [7, 11) is 0. The number of benzene rings is 1. The molecule has 2 heterocycles. The first-order valence-electron chi connectivity index (χ1n) is 7.04. The zero-order valence-electron chi connectivity index (χ0n) is 12.1. The van der Waals surface area contributed by atoms with Gasteiger partial charge in [-0.25, -0.2) is 4.98 Å². The molecule has 0 radical (unpaired) electrons. The van der Waals surface area contributed by atoms with E-state index in [2.05, 4.69) is 10.3 Å². The van der Waals surface area contributed by atoms with E-state index in [0.29, 0.717) is 17.2 Å². The smallest absolute Gasteiger partial charge is 0.237 e. The van der Waals surface area contributed by atoms with E-state index in [1.807, 2.05) is 31.2 Å². The highest BCUT2D eigenvalue weighted by atomic mass is 32.2. The van der Waals surface area contributed by atoms with Crippen LogP contribution >= 0.6 is 11.8 Å². The van der Waals surface area contributed by atoms with Gasteiger partial charge in [-0.1, -0.05) is 24.8 Å². The molecule has 1 aliphatic rings. The Morgan fingerprint density at radius 2 is 2.18 bits per heavy atom. The van der Waals surface area contributed by atoms with Crippen molar-refractivity contribution in [2.75, 3.05) is 12.1 Å². The molecule has 1 aromatic carbocycles. The number of amides is 1. The van der Waals surface area contributed by atoms with Crippen molar-refractivity contribution in [2.24, 2.45) is 0 Å². The molecule has 22 heavy (non-hydrogen) atoms. The van der Waals surface area contributed by atoms with Gasteiger partial charge in [0.15, 0.2) is 11.5 Å². The van der Waals surface area contributed by atoms with E-state index < -0.39 is 0 Å². The molecule has 6 heteroatoms. The molecule has 0 saturated carbocycles. The summed E-state index contributed by atoms with van der Waals surface area (Å²) in [4.78, 5) is 16.7. The highest BCUT2D eigenvalue weighted by Crippen LogP contribution is 2.34. The molecule has 0 aliphatic carbocycles. The molecular weight excluding hydrogens is 300 g/mol. The standard InChI is InChI=1S/C16H16N2O3S/c1-2-14(22-15-5-3-4-8-17-15)16(19)18-11-6-7-12-13(9-11)21-10-20-12/h3-9,14H,2,10H2,1H3,(H,18,19). The summed E-state index contributed by atoms with van der Waals surface area (Å²) >= 11 is 1.46. The average Bonchev–Trinajstić information content (AvgIpc) is 3.01. The number of hydrogen-bond donors (Lipinski definition) is 1. The van der Waals surface area contributed by atoms with Gasteiger partial charge in [0, 0.05) is 18.0 Å². The van der Waals surface area contributed by atoms with E-state index >= 15 is 0 Å². The lowest BCUT2D eigenvalue weighted by atomic mass is 10.2. The first-order valence-corrected chi connectivity index (χ1v) is 7.92. The second-order valence-electron chi connectivity index (χ2n) is 4.74. The molecule has 1 unspecified atom stereocenters. The van der Waals surface area contributed by atoms with Crippen LogP contribution in [0.3, 0.4) is 0 Å². The number of carbonyl (C=O) groups excluding carboxylic acids is 1. The number of carbonyl (C=O) groups is 1. The highest BCUT2D eigenvalue weighted by Gasteiger charge is 2.20. The molecule has 0 bridgehead atoms. The fraction of sp³-hybridized carbons (Fsp3) is 0.250. The first-order chi connectivity index (χ1) is 10.8. The number of rotatable bonds is 5. The number of nitrogens with one attached hydrogen (secondary N) is 1. The summed E-state index contributed by atoms with van der Waals surface area (Å²) in [5.74, 6) is 1.31. The van der Waals surface area contributed by atoms with Crippen LogP contribution in [0, 0.1) is 0 Å². The number of aromatic nitrogens is 1. The lowest BCUT2D eigenvalue weighted by Gasteiger charge is -2.14. The largest absolute Gasteiger partial charge is 0.454 e. The van der Waals surface area contributed by atoms with Crippen LogP contribution in [-0.4, -0.2) is 22.9 Å². The second kappa shape index (κ2) is 6.70. The van der Waals surface area contributed by atoms with Gasteiger partial charge < -0.3 is 14.8 Å². The Morgan fingerprint density at radius 3 is 2.95 bits per heavy atom. The Hall–Kier alpha value is -2.21. The van der Waals surface area contributed by atoms with Crippen LogP contribution in [0.1, 0.15) is 13.3 Å². The minimum Gasteiger partial charge on any atom is -0.454 e. The van der Waals surface area contributed by atoms with Crippen molar-refractivity contribution in [1.29, 1.82) is 0 Å². The predicted octanol–water partition coefficient (Wildman–Crippen LogP) is 3.32. The summed E-state index contributed by atoms with van der Waals surface area (Å²) < 4.78 is 10.6. The van der Waals surface area contributed by atoms with E-state index in [4.69, 9.17) is 9.47 Å². The van der Waals surface area contributed by atoms with Gasteiger partial charge in [0.1, 0.15) is 0 Å². The lowest BCUT2D eigenvalue weighted by Crippen LogP contribution is -2.24. The Morgan fingerprint density at radius 1 is 1.32 bits per heavy atom. The van der Waals surface area contributed by atoms with Gasteiger partial charge in [0.2, 0.25) is 12.7 Å². The van der Waals surface area contributed by atoms with Crippen molar-refractivity contribution < 1.29 is 14.3 Å². The zero-order valence-corrected chi connectivity index (χ0v) is 12.9. The number of hydrogen-bond acceptors (Lipinski definition) is 5. The van der Waals surface area contributed by atoms with Crippen molar-refractivity contribution in [2.45, 2.75) is 23.6 Å². The molecule has 0 fully saturated rings. The normalized spacial score (nSPS) is 13.7. The molecule has 114 valence electrons. The maximum absolute atomic E-state index is 12.4. The minimum atomic E-state index is -0.194. The molecule has 0 saturated heterocycles. The van der Waals surface area contributed by atoms with E-state index in [9.17, 15) is 4.79 Å². The Labute approximate surface area is 133 Å². The number of anilines is 1. The van der Waals surface area contributed by atoms with Crippen LogP contribution in [-0.2, 0) is 4.79 Å². The number of fused-ring (bicyclic) bond motifs is 1. The number of ether oxygens (including phenoxy) is 2. The SMILES string of the molecule is CCC(Sc1ccccn1)C(=O)Nc1ccc2c(c1)OCO2. The summed E-state index contributed by atoms with van der Waals surface area (Å²) in [5.41, 5.74) is 0.703. The van der Waals surface area contributed by atoms with Gasteiger partial charge in [0.25, 0.3) is 0 Å². The van der Waals surface area contributed by atoms with Gasteiger partial charge in [-0.15, -0.1) is 0 Å². The summed E-state index contributed by atoms with van der Waals surface area (Å²) in [6.07, 6.45) is 2.45. The van der Waals surface area contributed by atoms with Crippen LogP contribution in [0.5, 0.6) is 11.5 Å². The van der Waals surface area contributed by atoms with Crippen molar-refractivity contribution in [3.05, 3.63) is 42.6 Å². The van der Waals surface area contributed by atoms with Crippen molar-refractivity contribution in [1.82, 2.24) is 4.98 Å². The molecule has 1 atom stereocenters. The number of pyridine rings is 1. The molecule has 0 spiro atoms. The fourth-order valence-corrected chi connectivity index (χ4v) is 2.98. The molecule has 1 amide bonds. The van der Waals surface area contributed by atoms with Gasteiger partial charge in [-0.3, -0.25) is 4.79 Å². The third-order valence-electron chi connectivity index (χ3n) is 3.20. The molecule has 1 N–H and O–H groups in total. The second-order valence-corrected chi connectivity index (χ2v) is 5.96. The van der Waals surface area contributed by atoms with E-state index in [1.165, 1.54) is 11.8 Å². The predicted molar refractivity (Wildman–Crippen MR) is 85.4 cm³/mol. The molecule has 1 aromatic heterocycles. The maximum Gasteiger partial charge on any atom is 0.237 e. The van der Waals surface area contributed by atoms with E-state index in [0.717, 1.165) is 11.4 Å². The molecular formula is C16H16N2O3S. The maximum atomic E-state index is 12.4. The third-order valence-corrected chi connectivity index (χ3v) is 4.52. The van der Waals surface area contributed by atoms with Crippen LogP contribution in [0.25, 0.3) is 0 Å². The van der Waals surface area contributed by atoms with Crippen molar-refractivity contribution >= 4 is 23.4 Å². The average molecular weight is 316 g/mol. The Kier molecular flexibility index (Phi) is 4.48. The Balaban J connectivity index is 1.67. The number of nitrogens with zero attached hydrogens (tertiary/aromatic N) is 1. The monoisotopic (exact) mass is 316 g/mol. The van der Waals surface area contributed by atoms with Crippen LogP contribution in [0.4, 0.5) is 5.69 Å². The Bertz CT molecular complexity index is 664. The summed E-state index contributed by atoms with van der Waals surface area (Å²) in [6, 6.07) is 11.1. The highest BCUT2D eigenvalue weighted by molar-refractivity contribution is 8.00. The fourth-order valence-electron chi connectivity index (χ4n) is 2.08. The molecule has 2 aromatic rings. The van der Waals surface area contributed by atoms with Crippen molar-refractivity contribution in [3.63, 3.8) is 0 Å². The molecule has 1 aliphatic heterocycles. The van der Waals surface area contributed by atoms with Crippen molar-refractivity contribution in [3.8, 4) is 11.5 Å². The quantitative estimate of drug-likeness (QED) is 0.858. The molecule has 3 rings (SSSR count). The van der Waals surface area contributed by atoms with Gasteiger partial charge in [0.05, 0.1) is 10.3 Å². The molecule has 5 nitrogen and oxygen atoms in total. The topological polar surface area (TPSA) is 60.5 Å². The minimum absolute atomic E-state index is 0.0444. The van der Waals surface area contributed by atoms with Gasteiger partial charge in [-0.2, -0.15) is 0 Å². The summed E-state index contributed by atoms with van der Waals surface area (Å²) in [6.45, 7) is 2.21. The van der Waals surface area contributed by atoms with E-state index in [-0.39, 0.29) is 18.0 Å². The van der Waals surface area contributed by atoms with E-state index in [1.54, 1.807) is 18.3 Å². The first kappa shape index (κ1) is 14.7. The van der Waals surface area contributed by atoms with Gasteiger partial charge >= 0.3 is 0 Å².